The van der Waals surface area contributed by atoms with Gasteiger partial charge in [0.25, 0.3) is 0 Å². The van der Waals surface area contributed by atoms with Crippen LogP contribution >= 0.6 is 0 Å². The van der Waals surface area contributed by atoms with Crippen molar-refractivity contribution >= 4 is 5.97 Å². The Morgan fingerprint density at radius 1 is 1.25 bits per heavy atom. The van der Waals surface area contributed by atoms with Crippen molar-refractivity contribution in [2.24, 2.45) is 0 Å². The highest BCUT2D eigenvalue weighted by Crippen LogP contribution is 2.44. The quantitative estimate of drug-likeness (QED) is 0.900. The van der Waals surface area contributed by atoms with E-state index < -0.39 is 11.4 Å². The first-order valence-electron chi connectivity index (χ1n) is 7.43. The number of hydrogen-bond donors (Lipinski definition) is 1. The van der Waals surface area contributed by atoms with Crippen LogP contribution in [0.2, 0.25) is 0 Å². The number of methoxy groups -OCH3 is 1. The molecule has 1 aliphatic rings. The number of ether oxygens (including phenoxy) is 1. The molecule has 20 heavy (non-hydrogen) atoms. The van der Waals surface area contributed by atoms with Gasteiger partial charge in [-0.1, -0.05) is 45.2 Å². The van der Waals surface area contributed by atoms with Crippen molar-refractivity contribution in [1.29, 1.82) is 0 Å². The monoisotopic (exact) mass is 276 g/mol. The maximum absolute atomic E-state index is 11.9. The van der Waals surface area contributed by atoms with Gasteiger partial charge in [0.05, 0.1) is 12.5 Å². The molecule has 1 saturated carbocycles. The molecule has 1 aromatic carbocycles. The molecular weight excluding hydrogens is 252 g/mol. The molecule has 2 rings (SSSR count). The van der Waals surface area contributed by atoms with Crippen molar-refractivity contribution in [3.8, 4) is 5.75 Å². The van der Waals surface area contributed by atoms with Gasteiger partial charge in [-0.15, -0.1) is 0 Å². The molecule has 1 N–H and O–H groups in total. The lowest BCUT2D eigenvalue weighted by atomic mass is 9.69. The fraction of sp³-hybridized carbons (Fsp3) is 0.588. The van der Waals surface area contributed by atoms with Crippen molar-refractivity contribution in [3.05, 3.63) is 29.3 Å². The molecule has 110 valence electrons. The number of carboxylic acid groups (broad SMARTS) is 1. The Labute approximate surface area is 121 Å². The van der Waals surface area contributed by atoms with E-state index in [1.54, 1.807) is 7.11 Å². The molecule has 1 fully saturated rings. The molecule has 3 heteroatoms. The summed E-state index contributed by atoms with van der Waals surface area (Å²) in [6.45, 7) is 4.25. The molecule has 3 nitrogen and oxygen atoms in total. The van der Waals surface area contributed by atoms with Gasteiger partial charge in [-0.2, -0.15) is 0 Å². The maximum Gasteiger partial charge on any atom is 0.314 e. The minimum atomic E-state index is -0.765. The van der Waals surface area contributed by atoms with Gasteiger partial charge < -0.3 is 9.84 Å². The van der Waals surface area contributed by atoms with Crippen molar-refractivity contribution in [2.75, 3.05) is 7.11 Å². The number of carboxylic acids is 1. The van der Waals surface area contributed by atoms with Gasteiger partial charge in [0, 0.05) is 5.56 Å². The van der Waals surface area contributed by atoms with Crippen molar-refractivity contribution in [1.82, 2.24) is 0 Å². The normalized spacial score (nSPS) is 18.0. The number of carbonyl (C=O) groups is 1. The molecular formula is C17H24O3. The van der Waals surface area contributed by atoms with E-state index in [-0.39, 0.29) is 0 Å². The highest BCUT2D eigenvalue weighted by atomic mass is 16.5. The molecule has 0 bridgehead atoms. The van der Waals surface area contributed by atoms with E-state index in [2.05, 4.69) is 13.8 Å². The Hall–Kier alpha value is -1.51. The summed E-state index contributed by atoms with van der Waals surface area (Å²) in [5.41, 5.74) is 1.26. The van der Waals surface area contributed by atoms with Gasteiger partial charge in [-0.3, -0.25) is 4.79 Å². The van der Waals surface area contributed by atoms with Crippen LogP contribution in [0.15, 0.2) is 18.2 Å². The van der Waals surface area contributed by atoms with E-state index >= 15 is 0 Å². The Balaban J connectivity index is 2.50. The average Bonchev–Trinajstić information content (AvgIpc) is 2.47. The molecule has 0 amide bonds. The van der Waals surface area contributed by atoms with Crippen molar-refractivity contribution in [2.45, 2.75) is 57.3 Å². The smallest absolute Gasteiger partial charge is 0.314 e. The SMILES string of the molecule is COc1cc(C(C)C)ccc1C1(C(=O)O)CCCCC1. The van der Waals surface area contributed by atoms with E-state index in [9.17, 15) is 9.90 Å². The molecule has 0 aliphatic heterocycles. The van der Waals surface area contributed by atoms with Gasteiger partial charge in [0.15, 0.2) is 0 Å². The Morgan fingerprint density at radius 2 is 1.90 bits per heavy atom. The zero-order valence-corrected chi connectivity index (χ0v) is 12.6. The van der Waals surface area contributed by atoms with Crippen LogP contribution in [0, 0.1) is 0 Å². The Kier molecular flexibility index (Phi) is 4.36. The summed E-state index contributed by atoms with van der Waals surface area (Å²) < 4.78 is 5.50. The van der Waals surface area contributed by atoms with E-state index in [4.69, 9.17) is 4.74 Å². The third-order valence-electron chi connectivity index (χ3n) is 4.52. The first-order valence-corrected chi connectivity index (χ1v) is 7.43. The first kappa shape index (κ1) is 14.9. The largest absolute Gasteiger partial charge is 0.496 e. The summed E-state index contributed by atoms with van der Waals surface area (Å²) in [7, 11) is 1.63. The Bertz CT molecular complexity index is 485. The van der Waals surface area contributed by atoms with Gasteiger partial charge in [-0.05, 0) is 30.4 Å². The number of benzene rings is 1. The summed E-state index contributed by atoms with van der Waals surface area (Å²) in [4.78, 5) is 11.9. The van der Waals surface area contributed by atoms with Crippen molar-refractivity contribution in [3.63, 3.8) is 0 Å². The molecule has 0 unspecified atom stereocenters. The van der Waals surface area contributed by atoms with Crippen LogP contribution < -0.4 is 4.74 Å². The minimum Gasteiger partial charge on any atom is -0.496 e. The van der Waals surface area contributed by atoms with Crippen LogP contribution in [0.3, 0.4) is 0 Å². The molecule has 0 spiro atoms. The molecule has 0 heterocycles. The van der Waals surface area contributed by atoms with Gasteiger partial charge in [0.1, 0.15) is 5.75 Å². The van der Waals surface area contributed by atoms with Crippen LogP contribution in [-0.2, 0) is 10.2 Å². The highest BCUT2D eigenvalue weighted by molar-refractivity contribution is 5.82. The van der Waals surface area contributed by atoms with Crippen LogP contribution in [0.1, 0.15) is 63.0 Å². The van der Waals surface area contributed by atoms with Crippen LogP contribution in [0.5, 0.6) is 5.75 Å². The number of aliphatic carboxylic acids is 1. The standard InChI is InChI=1S/C17H24O3/c1-12(2)13-7-8-14(15(11-13)20-3)17(16(18)19)9-5-4-6-10-17/h7-8,11-12H,4-6,9-10H2,1-3H3,(H,18,19). The molecule has 1 aliphatic carbocycles. The second-order valence-electron chi connectivity index (χ2n) is 6.06. The molecule has 0 saturated heterocycles. The third kappa shape index (κ3) is 2.54. The van der Waals surface area contributed by atoms with Gasteiger partial charge in [-0.25, -0.2) is 0 Å². The van der Waals surface area contributed by atoms with E-state index in [1.165, 1.54) is 5.56 Å². The second-order valence-corrected chi connectivity index (χ2v) is 6.06. The van der Waals surface area contributed by atoms with E-state index in [0.717, 1.165) is 30.6 Å². The lowest BCUT2D eigenvalue weighted by Crippen LogP contribution is -2.38. The molecule has 0 radical (unpaired) electrons. The fourth-order valence-corrected chi connectivity index (χ4v) is 3.22. The lowest BCUT2D eigenvalue weighted by molar-refractivity contribution is -0.145. The van der Waals surface area contributed by atoms with Crippen molar-refractivity contribution < 1.29 is 14.6 Å². The number of hydrogen-bond acceptors (Lipinski definition) is 2. The zero-order chi connectivity index (χ0) is 14.8. The molecule has 0 atom stereocenters. The zero-order valence-electron chi connectivity index (χ0n) is 12.6. The Morgan fingerprint density at radius 3 is 2.40 bits per heavy atom. The summed E-state index contributed by atoms with van der Waals surface area (Å²) in [6, 6.07) is 6.01. The topological polar surface area (TPSA) is 46.5 Å². The summed E-state index contributed by atoms with van der Waals surface area (Å²) >= 11 is 0. The van der Waals surface area contributed by atoms with E-state index in [0.29, 0.717) is 18.8 Å². The van der Waals surface area contributed by atoms with Gasteiger partial charge in [0.2, 0.25) is 0 Å². The number of rotatable bonds is 4. The first-order chi connectivity index (χ1) is 9.51. The third-order valence-corrected chi connectivity index (χ3v) is 4.52. The highest BCUT2D eigenvalue weighted by Gasteiger charge is 2.43. The predicted octanol–water partition coefficient (Wildman–Crippen LogP) is 4.11. The fourth-order valence-electron chi connectivity index (χ4n) is 3.22. The van der Waals surface area contributed by atoms with E-state index in [1.807, 2.05) is 18.2 Å². The predicted molar refractivity (Wildman–Crippen MR) is 79.5 cm³/mol. The molecule has 1 aromatic rings. The molecule has 0 aromatic heterocycles. The summed E-state index contributed by atoms with van der Waals surface area (Å²) in [5.74, 6) is 0.415. The lowest BCUT2D eigenvalue weighted by Gasteiger charge is -2.34. The summed E-state index contributed by atoms with van der Waals surface area (Å²) in [6.07, 6.45) is 4.49. The average molecular weight is 276 g/mol. The second kappa shape index (κ2) is 5.86. The summed E-state index contributed by atoms with van der Waals surface area (Å²) in [5, 5.41) is 9.79. The minimum absolute atomic E-state index is 0.407. The van der Waals surface area contributed by atoms with Crippen LogP contribution in [0.4, 0.5) is 0 Å². The van der Waals surface area contributed by atoms with Crippen LogP contribution in [-0.4, -0.2) is 18.2 Å². The maximum atomic E-state index is 11.9. The van der Waals surface area contributed by atoms with Crippen LogP contribution in [0.25, 0.3) is 0 Å². The van der Waals surface area contributed by atoms with Gasteiger partial charge >= 0.3 is 5.97 Å².